The van der Waals surface area contributed by atoms with Crippen LogP contribution in [0.25, 0.3) is 0 Å². The number of hydrogen-bond donors (Lipinski definition) is 1. The molecule has 0 bridgehead atoms. The highest BCUT2D eigenvalue weighted by molar-refractivity contribution is 8.14. The summed E-state index contributed by atoms with van der Waals surface area (Å²) in [6, 6.07) is 8.82. The Kier molecular flexibility index (Phi) is 2.91. The zero-order valence-corrected chi connectivity index (χ0v) is 8.91. The smallest absolute Gasteiger partial charge is 0.325 e. The second-order valence-electron chi connectivity index (χ2n) is 3.02. The van der Waals surface area contributed by atoms with Crippen LogP contribution in [0.4, 0.5) is 10.5 Å². The normalized spacial score (nSPS) is 14.8. The SMILES string of the molecule is NC(=O)N(C1=NCCS1)c1ccccc1. The molecule has 0 saturated heterocycles. The molecule has 0 fully saturated rings. The molecule has 15 heavy (non-hydrogen) atoms. The molecule has 2 rings (SSSR count). The van der Waals surface area contributed by atoms with Gasteiger partial charge >= 0.3 is 6.03 Å². The van der Waals surface area contributed by atoms with Crippen LogP contribution in [0.5, 0.6) is 0 Å². The number of rotatable bonds is 1. The van der Waals surface area contributed by atoms with E-state index in [0.29, 0.717) is 5.17 Å². The van der Waals surface area contributed by atoms with Gasteiger partial charge in [-0.2, -0.15) is 0 Å². The van der Waals surface area contributed by atoms with Crippen LogP contribution in [0.3, 0.4) is 0 Å². The van der Waals surface area contributed by atoms with Crippen molar-refractivity contribution in [2.24, 2.45) is 10.7 Å². The summed E-state index contributed by atoms with van der Waals surface area (Å²) in [7, 11) is 0. The largest absolute Gasteiger partial charge is 0.351 e. The lowest BCUT2D eigenvalue weighted by Gasteiger charge is -2.19. The molecule has 2 N–H and O–H groups in total. The quantitative estimate of drug-likeness (QED) is 0.784. The Morgan fingerprint density at radius 2 is 2.13 bits per heavy atom. The summed E-state index contributed by atoms with van der Waals surface area (Å²) < 4.78 is 0. The number of aliphatic imine (C=N–C) groups is 1. The number of carbonyl (C=O) groups is 1. The van der Waals surface area contributed by atoms with Gasteiger partial charge in [-0.3, -0.25) is 4.99 Å². The van der Waals surface area contributed by atoms with Gasteiger partial charge in [-0.1, -0.05) is 30.0 Å². The van der Waals surface area contributed by atoms with Crippen LogP contribution < -0.4 is 10.6 Å². The molecule has 0 spiro atoms. The van der Waals surface area contributed by atoms with E-state index in [-0.39, 0.29) is 0 Å². The van der Waals surface area contributed by atoms with E-state index in [1.165, 1.54) is 4.90 Å². The van der Waals surface area contributed by atoms with E-state index in [2.05, 4.69) is 4.99 Å². The van der Waals surface area contributed by atoms with Crippen molar-refractivity contribution in [2.75, 3.05) is 17.2 Å². The van der Waals surface area contributed by atoms with E-state index in [0.717, 1.165) is 18.0 Å². The molecule has 0 aromatic heterocycles. The third kappa shape index (κ3) is 2.12. The van der Waals surface area contributed by atoms with Crippen molar-refractivity contribution in [3.05, 3.63) is 30.3 Å². The number of hydrogen-bond acceptors (Lipinski definition) is 3. The van der Waals surface area contributed by atoms with Crippen LogP contribution in [0, 0.1) is 0 Å². The fourth-order valence-corrected chi connectivity index (χ4v) is 2.24. The number of thioether (sulfide) groups is 1. The van der Waals surface area contributed by atoms with Crippen molar-refractivity contribution in [3.63, 3.8) is 0 Å². The topological polar surface area (TPSA) is 58.7 Å². The maximum absolute atomic E-state index is 11.3. The number of nitrogens with two attached hydrogens (primary N) is 1. The van der Waals surface area contributed by atoms with Crippen molar-refractivity contribution in [3.8, 4) is 0 Å². The van der Waals surface area contributed by atoms with E-state index in [1.807, 2.05) is 30.3 Å². The molecule has 78 valence electrons. The highest BCUT2D eigenvalue weighted by atomic mass is 32.2. The average Bonchev–Trinajstić information content (AvgIpc) is 2.72. The molecule has 0 aliphatic carbocycles. The molecule has 0 saturated carbocycles. The van der Waals surface area contributed by atoms with Crippen molar-refractivity contribution in [1.29, 1.82) is 0 Å². The number of amides is 2. The van der Waals surface area contributed by atoms with Gasteiger partial charge < -0.3 is 5.73 Å². The van der Waals surface area contributed by atoms with Gasteiger partial charge in [-0.05, 0) is 12.1 Å². The highest BCUT2D eigenvalue weighted by Gasteiger charge is 2.21. The van der Waals surface area contributed by atoms with Crippen molar-refractivity contribution in [1.82, 2.24) is 0 Å². The molecule has 1 aromatic carbocycles. The first-order chi connectivity index (χ1) is 7.29. The van der Waals surface area contributed by atoms with E-state index in [1.54, 1.807) is 11.8 Å². The van der Waals surface area contributed by atoms with E-state index in [4.69, 9.17) is 5.73 Å². The van der Waals surface area contributed by atoms with Gasteiger partial charge in [-0.15, -0.1) is 0 Å². The van der Waals surface area contributed by atoms with Gasteiger partial charge in [0.15, 0.2) is 5.17 Å². The third-order valence-electron chi connectivity index (χ3n) is 2.00. The fraction of sp³-hybridized carbons (Fsp3) is 0.200. The second-order valence-corrected chi connectivity index (χ2v) is 4.08. The molecule has 5 heteroatoms. The summed E-state index contributed by atoms with van der Waals surface area (Å²) in [4.78, 5) is 17.0. The standard InChI is InChI=1S/C10H11N3OS/c11-9(14)13(10-12-6-7-15-10)8-4-2-1-3-5-8/h1-5H,6-7H2,(H2,11,14). The summed E-state index contributed by atoms with van der Waals surface area (Å²) >= 11 is 1.55. The Morgan fingerprint density at radius 1 is 1.40 bits per heavy atom. The minimum Gasteiger partial charge on any atom is -0.351 e. The lowest BCUT2D eigenvalue weighted by Crippen LogP contribution is -2.38. The molecule has 1 aliphatic rings. The number of amidine groups is 1. The zero-order valence-electron chi connectivity index (χ0n) is 8.09. The zero-order chi connectivity index (χ0) is 10.7. The van der Waals surface area contributed by atoms with Gasteiger partial charge in [0.2, 0.25) is 0 Å². The Balaban J connectivity index is 2.32. The van der Waals surface area contributed by atoms with Crippen LogP contribution in [-0.4, -0.2) is 23.5 Å². The van der Waals surface area contributed by atoms with Crippen molar-refractivity contribution < 1.29 is 4.79 Å². The van der Waals surface area contributed by atoms with Crippen LogP contribution >= 0.6 is 11.8 Å². The lowest BCUT2D eigenvalue weighted by molar-refractivity contribution is 0.256. The minimum absolute atomic E-state index is 0.491. The summed E-state index contributed by atoms with van der Waals surface area (Å²) in [5.74, 6) is 0.909. The monoisotopic (exact) mass is 221 g/mol. The molecule has 0 radical (unpaired) electrons. The van der Waals surface area contributed by atoms with Crippen molar-refractivity contribution >= 4 is 28.6 Å². The van der Waals surface area contributed by atoms with E-state index in [9.17, 15) is 4.79 Å². The van der Waals surface area contributed by atoms with Gasteiger partial charge in [0.25, 0.3) is 0 Å². The molecular weight excluding hydrogens is 210 g/mol. The molecule has 4 nitrogen and oxygen atoms in total. The number of nitrogens with zero attached hydrogens (tertiary/aromatic N) is 2. The summed E-state index contributed by atoms with van der Waals surface area (Å²) in [5.41, 5.74) is 6.10. The average molecular weight is 221 g/mol. The summed E-state index contributed by atoms with van der Waals surface area (Å²) in [5, 5.41) is 0.689. The molecule has 1 aromatic rings. The van der Waals surface area contributed by atoms with Crippen LogP contribution in [-0.2, 0) is 0 Å². The predicted molar refractivity (Wildman–Crippen MR) is 63.3 cm³/mol. The number of urea groups is 1. The summed E-state index contributed by atoms with van der Waals surface area (Å²) in [6.45, 7) is 0.747. The maximum Gasteiger partial charge on any atom is 0.325 e. The maximum atomic E-state index is 11.3. The number of primary amides is 1. The second kappa shape index (κ2) is 4.35. The molecule has 0 atom stereocenters. The molecule has 0 unspecified atom stereocenters. The van der Waals surface area contributed by atoms with Gasteiger partial charge in [-0.25, -0.2) is 9.69 Å². The molecule has 2 amide bonds. The summed E-state index contributed by atoms with van der Waals surface area (Å²) in [6.07, 6.45) is 0. The molecule has 1 heterocycles. The van der Waals surface area contributed by atoms with Gasteiger partial charge in [0.1, 0.15) is 0 Å². The van der Waals surface area contributed by atoms with Gasteiger partial charge in [0, 0.05) is 5.75 Å². The Labute approximate surface area is 92.2 Å². The van der Waals surface area contributed by atoms with Crippen LogP contribution in [0.2, 0.25) is 0 Å². The number of carbonyl (C=O) groups excluding carboxylic acids is 1. The Morgan fingerprint density at radius 3 is 2.67 bits per heavy atom. The van der Waals surface area contributed by atoms with Crippen LogP contribution in [0.15, 0.2) is 35.3 Å². The van der Waals surface area contributed by atoms with E-state index >= 15 is 0 Å². The first-order valence-corrected chi connectivity index (χ1v) is 5.59. The first kappa shape index (κ1) is 10.0. The lowest BCUT2D eigenvalue weighted by atomic mass is 10.3. The van der Waals surface area contributed by atoms with Crippen molar-refractivity contribution in [2.45, 2.75) is 0 Å². The number of benzene rings is 1. The third-order valence-corrected chi connectivity index (χ3v) is 2.95. The Hall–Kier alpha value is -1.49. The fourth-order valence-electron chi connectivity index (χ4n) is 1.37. The highest BCUT2D eigenvalue weighted by Crippen LogP contribution is 2.22. The predicted octanol–water partition coefficient (Wildman–Crippen LogP) is 1.67. The molecule has 1 aliphatic heterocycles. The number of anilines is 1. The van der Waals surface area contributed by atoms with Gasteiger partial charge in [0.05, 0.1) is 12.2 Å². The number of para-hydroxylation sites is 1. The Bertz CT molecular complexity index is 391. The minimum atomic E-state index is -0.491. The molecular formula is C10H11N3OS. The van der Waals surface area contributed by atoms with Crippen LogP contribution in [0.1, 0.15) is 0 Å². The first-order valence-electron chi connectivity index (χ1n) is 4.61. The van der Waals surface area contributed by atoms with E-state index < -0.39 is 6.03 Å².